The molecule has 112 valence electrons. The van der Waals surface area contributed by atoms with Gasteiger partial charge in [-0.3, -0.25) is 0 Å². The summed E-state index contributed by atoms with van der Waals surface area (Å²) in [6.07, 6.45) is 0. The highest BCUT2D eigenvalue weighted by Crippen LogP contribution is 2.21. The zero-order chi connectivity index (χ0) is 15.1. The number of rotatable bonds is 0. The number of amides is 1. The summed E-state index contributed by atoms with van der Waals surface area (Å²) in [6.45, 7) is 8.43. The molecule has 0 bridgehead atoms. The summed E-state index contributed by atoms with van der Waals surface area (Å²) in [5.41, 5.74) is 1.50. The first kappa shape index (κ1) is 15.0. The van der Waals surface area contributed by atoms with Gasteiger partial charge in [-0.15, -0.1) is 0 Å². The van der Waals surface area contributed by atoms with E-state index in [1.54, 1.807) is 4.90 Å². The lowest BCUT2D eigenvalue weighted by molar-refractivity contribution is 0.199. The molecule has 1 aliphatic rings. The minimum Gasteiger partial charge on any atom is -0.321 e. The number of nitrogens with zero attached hydrogens (tertiary/aromatic N) is 3. The minimum atomic E-state index is -2.98. The van der Waals surface area contributed by atoms with E-state index in [-0.39, 0.29) is 36.0 Å². The Morgan fingerprint density at radius 2 is 1.80 bits per heavy atom. The van der Waals surface area contributed by atoms with Crippen molar-refractivity contribution >= 4 is 15.9 Å². The van der Waals surface area contributed by atoms with Gasteiger partial charge in [0.1, 0.15) is 0 Å². The van der Waals surface area contributed by atoms with E-state index in [9.17, 15) is 13.2 Å². The van der Waals surface area contributed by atoms with Gasteiger partial charge >= 0.3 is 6.03 Å². The van der Waals surface area contributed by atoms with Crippen molar-refractivity contribution in [3.05, 3.63) is 17.5 Å². The average molecular weight is 299 g/mol. The van der Waals surface area contributed by atoms with E-state index < -0.39 is 9.84 Å². The number of carbonyl (C=O) groups is 1. The molecule has 1 aliphatic heterocycles. The van der Waals surface area contributed by atoms with E-state index in [2.05, 4.69) is 5.10 Å². The maximum atomic E-state index is 12.4. The zero-order valence-corrected chi connectivity index (χ0v) is 13.2. The fraction of sp³-hybridized carbons (Fsp3) is 0.692. The van der Waals surface area contributed by atoms with Crippen molar-refractivity contribution < 1.29 is 13.2 Å². The fourth-order valence-electron chi connectivity index (χ4n) is 2.07. The van der Waals surface area contributed by atoms with Gasteiger partial charge in [0, 0.05) is 24.2 Å². The highest BCUT2D eigenvalue weighted by molar-refractivity contribution is 7.91. The van der Waals surface area contributed by atoms with Crippen molar-refractivity contribution in [3.63, 3.8) is 0 Å². The Bertz CT molecular complexity index is 612. The Balaban J connectivity index is 2.20. The van der Waals surface area contributed by atoms with Gasteiger partial charge < -0.3 is 4.90 Å². The van der Waals surface area contributed by atoms with Crippen LogP contribution in [0, 0.1) is 6.92 Å². The van der Waals surface area contributed by atoms with Crippen molar-refractivity contribution in [3.8, 4) is 0 Å². The van der Waals surface area contributed by atoms with Crippen molar-refractivity contribution in [2.45, 2.75) is 33.1 Å². The highest BCUT2D eigenvalue weighted by atomic mass is 32.2. The quantitative estimate of drug-likeness (QED) is 0.721. The van der Waals surface area contributed by atoms with E-state index in [0.29, 0.717) is 0 Å². The van der Waals surface area contributed by atoms with Crippen LogP contribution in [0.3, 0.4) is 0 Å². The predicted molar refractivity (Wildman–Crippen MR) is 76.7 cm³/mol. The normalized spacial score (nSPS) is 19.1. The molecule has 0 saturated carbocycles. The van der Waals surface area contributed by atoms with Crippen LogP contribution in [0.2, 0.25) is 0 Å². The van der Waals surface area contributed by atoms with Gasteiger partial charge in [-0.05, 0) is 13.0 Å². The molecule has 2 heterocycles. The summed E-state index contributed by atoms with van der Waals surface area (Å²) in [5.74, 6) is 0.0658. The van der Waals surface area contributed by atoms with Crippen molar-refractivity contribution in [2.24, 2.45) is 0 Å². The Kier molecular flexibility index (Phi) is 3.66. The first-order valence-electron chi connectivity index (χ1n) is 6.67. The molecule has 0 spiro atoms. The Labute approximate surface area is 119 Å². The third-order valence-corrected chi connectivity index (χ3v) is 5.06. The molecular formula is C13H21N3O3S. The van der Waals surface area contributed by atoms with Crippen molar-refractivity contribution in [2.75, 3.05) is 24.6 Å². The molecule has 1 saturated heterocycles. The molecular weight excluding hydrogens is 278 g/mol. The fourth-order valence-corrected chi connectivity index (χ4v) is 3.27. The maximum absolute atomic E-state index is 12.4. The molecule has 1 amide bonds. The molecule has 20 heavy (non-hydrogen) atoms. The van der Waals surface area contributed by atoms with E-state index in [0.717, 1.165) is 11.4 Å². The molecule has 0 atom stereocenters. The summed E-state index contributed by atoms with van der Waals surface area (Å²) in [4.78, 5) is 14.0. The van der Waals surface area contributed by atoms with Gasteiger partial charge in [-0.2, -0.15) is 9.78 Å². The third-order valence-electron chi connectivity index (χ3n) is 3.45. The molecule has 6 nitrogen and oxygen atoms in total. The second kappa shape index (κ2) is 4.87. The number of sulfone groups is 1. The van der Waals surface area contributed by atoms with Gasteiger partial charge in [-0.1, -0.05) is 20.8 Å². The Morgan fingerprint density at radius 3 is 2.25 bits per heavy atom. The lowest BCUT2D eigenvalue weighted by Gasteiger charge is -2.26. The van der Waals surface area contributed by atoms with Crippen LogP contribution in [-0.4, -0.2) is 53.7 Å². The molecule has 0 radical (unpaired) electrons. The highest BCUT2D eigenvalue weighted by Gasteiger charge is 2.28. The smallest absolute Gasteiger partial charge is 0.321 e. The van der Waals surface area contributed by atoms with E-state index >= 15 is 0 Å². The van der Waals surface area contributed by atoms with Crippen LogP contribution in [0.5, 0.6) is 0 Å². The second-order valence-electron chi connectivity index (χ2n) is 6.25. The predicted octanol–water partition coefficient (Wildman–Crippen LogP) is 1.19. The van der Waals surface area contributed by atoms with Crippen LogP contribution in [0.25, 0.3) is 0 Å². The molecule has 0 N–H and O–H groups in total. The number of aromatic nitrogens is 2. The summed E-state index contributed by atoms with van der Waals surface area (Å²) in [6, 6.07) is 1.66. The van der Waals surface area contributed by atoms with Crippen LogP contribution in [0.15, 0.2) is 6.07 Å². The number of hydrogen-bond acceptors (Lipinski definition) is 4. The van der Waals surface area contributed by atoms with Gasteiger partial charge in [0.05, 0.1) is 17.2 Å². The van der Waals surface area contributed by atoms with E-state index in [1.165, 1.54) is 4.68 Å². The van der Waals surface area contributed by atoms with Crippen LogP contribution in [0.4, 0.5) is 4.79 Å². The minimum absolute atomic E-state index is 0.0329. The monoisotopic (exact) mass is 299 g/mol. The Hall–Kier alpha value is -1.37. The summed E-state index contributed by atoms with van der Waals surface area (Å²) in [7, 11) is -2.98. The molecule has 1 fully saturated rings. The van der Waals surface area contributed by atoms with Crippen LogP contribution < -0.4 is 0 Å². The summed E-state index contributed by atoms with van der Waals surface area (Å²) >= 11 is 0. The molecule has 7 heteroatoms. The molecule has 0 aromatic carbocycles. The first-order chi connectivity index (χ1) is 9.10. The van der Waals surface area contributed by atoms with Gasteiger partial charge in [0.15, 0.2) is 9.84 Å². The van der Waals surface area contributed by atoms with Gasteiger partial charge in [-0.25, -0.2) is 13.2 Å². The number of aryl methyl sites for hydroxylation is 1. The largest absolute Gasteiger partial charge is 0.344 e. The second-order valence-corrected chi connectivity index (χ2v) is 8.56. The van der Waals surface area contributed by atoms with Crippen molar-refractivity contribution in [1.29, 1.82) is 0 Å². The van der Waals surface area contributed by atoms with Gasteiger partial charge in [0.2, 0.25) is 0 Å². The molecule has 2 rings (SSSR count). The Morgan fingerprint density at radius 1 is 1.25 bits per heavy atom. The summed E-state index contributed by atoms with van der Waals surface area (Å²) in [5, 5.41) is 4.37. The lowest BCUT2D eigenvalue weighted by Crippen LogP contribution is -2.46. The molecule has 0 aliphatic carbocycles. The molecule has 1 aromatic rings. The van der Waals surface area contributed by atoms with E-state index in [4.69, 9.17) is 0 Å². The van der Waals surface area contributed by atoms with Gasteiger partial charge in [0.25, 0.3) is 0 Å². The third kappa shape index (κ3) is 3.03. The SMILES string of the molecule is Cc1cc(C(C)(C)C)nn1C(=O)N1CCS(=O)(=O)CC1. The molecule has 0 unspecified atom stereocenters. The number of carbonyl (C=O) groups excluding carboxylic acids is 1. The van der Waals surface area contributed by atoms with Crippen molar-refractivity contribution in [1.82, 2.24) is 14.7 Å². The maximum Gasteiger partial charge on any atom is 0.344 e. The van der Waals surface area contributed by atoms with Crippen LogP contribution in [-0.2, 0) is 15.3 Å². The average Bonchev–Trinajstić information content (AvgIpc) is 2.70. The summed E-state index contributed by atoms with van der Waals surface area (Å²) < 4.78 is 24.2. The molecule has 1 aromatic heterocycles. The lowest BCUT2D eigenvalue weighted by atomic mass is 9.92. The van der Waals surface area contributed by atoms with Crippen LogP contribution in [0.1, 0.15) is 32.2 Å². The zero-order valence-electron chi connectivity index (χ0n) is 12.4. The number of hydrogen-bond donors (Lipinski definition) is 0. The standard InChI is InChI=1S/C13H21N3O3S/c1-10-9-11(13(2,3)4)14-16(10)12(17)15-5-7-20(18,19)8-6-15/h9H,5-8H2,1-4H3. The van der Waals surface area contributed by atoms with Crippen LogP contribution >= 0.6 is 0 Å². The first-order valence-corrected chi connectivity index (χ1v) is 8.49. The topological polar surface area (TPSA) is 72.3 Å². The van der Waals surface area contributed by atoms with E-state index in [1.807, 2.05) is 33.8 Å².